The molecule has 23 heavy (non-hydrogen) atoms. The van der Waals surface area contributed by atoms with Crippen molar-refractivity contribution in [3.8, 4) is 0 Å². The van der Waals surface area contributed by atoms with E-state index in [1.807, 2.05) is 54.7 Å². The molecule has 1 fully saturated rings. The fourth-order valence-corrected chi connectivity index (χ4v) is 5.11. The first-order chi connectivity index (χ1) is 11.1. The second-order valence-electron chi connectivity index (χ2n) is 5.54. The van der Waals surface area contributed by atoms with E-state index in [0.29, 0.717) is 16.7 Å². The van der Waals surface area contributed by atoms with Crippen LogP contribution in [0.5, 0.6) is 0 Å². The van der Waals surface area contributed by atoms with Crippen molar-refractivity contribution in [1.29, 1.82) is 0 Å². The minimum Gasteiger partial charge on any atom is -0.354 e. The van der Waals surface area contributed by atoms with E-state index < -0.39 is 6.04 Å². The molecule has 0 aromatic heterocycles. The SMILES string of the molecule is CCCNC(=O)[C@H](C)NC(=O)c1ccc(C2SCCCS2)cc1. The predicted molar refractivity (Wildman–Crippen MR) is 98.9 cm³/mol. The smallest absolute Gasteiger partial charge is 0.251 e. The molecule has 1 heterocycles. The maximum absolute atomic E-state index is 12.2. The number of thioether (sulfide) groups is 2. The normalized spacial score (nSPS) is 16.6. The minimum absolute atomic E-state index is 0.146. The van der Waals surface area contributed by atoms with Gasteiger partial charge < -0.3 is 10.6 Å². The van der Waals surface area contributed by atoms with Crippen LogP contribution in [0, 0.1) is 0 Å². The molecule has 2 N–H and O–H groups in total. The molecule has 0 unspecified atom stereocenters. The molecule has 4 nitrogen and oxygen atoms in total. The maximum atomic E-state index is 12.2. The van der Waals surface area contributed by atoms with Crippen LogP contribution in [0.15, 0.2) is 24.3 Å². The molecule has 1 aromatic rings. The van der Waals surface area contributed by atoms with Gasteiger partial charge in [-0.2, -0.15) is 0 Å². The number of hydrogen-bond donors (Lipinski definition) is 2. The number of carbonyl (C=O) groups excluding carboxylic acids is 2. The second kappa shape index (κ2) is 9.23. The molecule has 0 spiro atoms. The molecule has 6 heteroatoms. The van der Waals surface area contributed by atoms with Crippen molar-refractivity contribution in [2.45, 2.75) is 37.3 Å². The van der Waals surface area contributed by atoms with Gasteiger partial charge in [0.15, 0.2) is 0 Å². The standard InChI is InChI=1S/C17H24N2O2S2/c1-3-9-18-15(20)12(2)19-16(21)13-5-7-14(8-6-13)17-22-10-4-11-23-17/h5-8,12,17H,3-4,9-11H2,1-2H3,(H,18,20)(H,19,21)/t12-/m0/s1. The lowest BCUT2D eigenvalue weighted by molar-refractivity contribution is -0.122. The Balaban J connectivity index is 1.90. The highest BCUT2D eigenvalue weighted by Crippen LogP contribution is 2.43. The zero-order chi connectivity index (χ0) is 16.7. The van der Waals surface area contributed by atoms with Crippen LogP contribution in [0.1, 0.15) is 47.2 Å². The van der Waals surface area contributed by atoms with Gasteiger partial charge in [0, 0.05) is 12.1 Å². The minimum atomic E-state index is -0.529. The summed E-state index contributed by atoms with van der Waals surface area (Å²) in [7, 11) is 0. The van der Waals surface area contributed by atoms with Crippen molar-refractivity contribution in [3.63, 3.8) is 0 Å². The molecule has 2 rings (SSSR count). The Bertz CT molecular complexity index is 528. The van der Waals surface area contributed by atoms with Gasteiger partial charge in [-0.3, -0.25) is 9.59 Å². The highest BCUT2D eigenvalue weighted by atomic mass is 32.2. The Kier molecular flexibility index (Phi) is 7.30. The van der Waals surface area contributed by atoms with Gasteiger partial charge in [0.25, 0.3) is 5.91 Å². The van der Waals surface area contributed by atoms with Gasteiger partial charge in [-0.15, -0.1) is 23.5 Å². The quantitative estimate of drug-likeness (QED) is 0.825. The summed E-state index contributed by atoms with van der Waals surface area (Å²) in [6.07, 6.45) is 2.15. The van der Waals surface area contributed by atoms with E-state index in [2.05, 4.69) is 10.6 Å². The zero-order valence-electron chi connectivity index (χ0n) is 13.6. The van der Waals surface area contributed by atoms with Crippen LogP contribution in [0.2, 0.25) is 0 Å². The Morgan fingerprint density at radius 2 is 1.87 bits per heavy atom. The lowest BCUT2D eigenvalue weighted by Crippen LogP contribution is -2.45. The van der Waals surface area contributed by atoms with E-state index in [4.69, 9.17) is 0 Å². The van der Waals surface area contributed by atoms with Crippen LogP contribution < -0.4 is 10.6 Å². The van der Waals surface area contributed by atoms with E-state index in [1.54, 1.807) is 6.92 Å². The van der Waals surface area contributed by atoms with Crippen LogP contribution in [0.4, 0.5) is 0 Å². The van der Waals surface area contributed by atoms with Gasteiger partial charge in [-0.05, 0) is 49.0 Å². The summed E-state index contributed by atoms with van der Waals surface area (Å²) < 4.78 is 0.472. The second-order valence-corrected chi connectivity index (χ2v) is 8.26. The van der Waals surface area contributed by atoms with Gasteiger partial charge in [0.05, 0.1) is 4.58 Å². The summed E-state index contributed by atoms with van der Waals surface area (Å²) in [5, 5.41) is 5.52. The molecular formula is C17H24N2O2S2. The summed E-state index contributed by atoms with van der Waals surface area (Å²) in [4.78, 5) is 24.0. The molecule has 1 saturated heterocycles. The van der Waals surface area contributed by atoms with Gasteiger partial charge in [0.1, 0.15) is 6.04 Å². The predicted octanol–water partition coefficient (Wildman–Crippen LogP) is 3.20. The third kappa shape index (κ3) is 5.46. The van der Waals surface area contributed by atoms with Crippen LogP contribution >= 0.6 is 23.5 Å². The fraction of sp³-hybridized carbons (Fsp3) is 0.529. The maximum Gasteiger partial charge on any atom is 0.251 e. The Hall–Kier alpha value is -1.14. The van der Waals surface area contributed by atoms with E-state index in [-0.39, 0.29) is 11.8 Å². The lowest BCUT2D eigenvalue weighted by Gasteiger charge is -2.21. The number of benzene rings is 1. The Morgan fingerprint density at radius 3 is 2.48 bits per heavy atom. The van der Waals surface area contributed by atoms with Crippen molar-refractivity contribution < 1.29 is 9.59 Å². The number of nitrogens with one attached hydrogen (secondary N) is 2. The molecule has 1 aromatic carbocycles. The van der Waals surface area contributed by atoms with Crippen molar-refractivity contribution in [3.05, 3.63) is 35.4 Å². The molecule has 1 aliphatic heterocycles. The Labute approximate surface area is 146 Å². The van der Waals surface area contributed by atoms with Crippen molar-refractivity contribution >= 4 is 35.3 Å². The molecule has 1 aliphatic rings. The van der Waals surface area contributed by atoms with Gasteiger partial charge in [-0.1, -0.05) is 19.1 Å². The lowest BCUT2D eigenvalue weighted by atomic mass is 10.1. The van der Waals surface area contributed by atoms with Gasteiger partial charge in [-0.25, -0.2) is 0 Å². The van der Waals surface area contributed by atoms with E-state index >= 15 is 0 Å². The van der Waals surface area contributed by atoms with E-state index in [9.17, 15) is 9.59 Å². The average Bonchev–Trinajstić information content (AvgIpc) is 2.60. The third-order valence-electron chi connectivity index (χ3n) is 3.56. The number of carbonyl (C=O) groups is 2. The first-order valence-corrected chi connectivity index (χ1v) is 10.1. The summed E-state index contributed by atoms with van der Waals surface area (Å²) in [6.45, 7) is 4.32. The average molecular weight is 353 g/mol. The number of hydrogen-bond acceptors (Lipinski definition) is 4. The highest BCUT2D eigenvalue weighted by Gasteiger charge is 2.18. The van der Waals surface area contributed by atoms with Crippen molar-refractivity contribution in [1.82, 2.24) is 10.6 Å². The summed E-state index contributed by atoms with van der Waals surface area (Å²) in [5.74, 6) is 2.04. The van der Waals surface area contributed by atoms with Crippen LogP contribution in [0.3, 0.4) is 0 Å². The Morgan fingerprint density at radius 1 is 1.22 bits per heavy atom. The summed E-state index contributed by atoms with van der Waals surface area (Å²) >= 11 is 3.92. The van der Waals surface area contributed by atoms with Crippen LogP contribution in [0.25, 0.3) is 0 Å². The number of rotatable bonds is 6. The third-order valence-corrected chi connectivity index (χ3v) is 6.58. The summed E-state index contributed by atoms with van der Waals surface area (Å²) in [6, 6.07) is 7.20. The fourth-order valence-electron chi connectivity index (χ4n) is 2.22. The molecule has 2 amide bonds. The van der Waals surface area contributed by atoms with Crippen LogP contribution in [-0.4, -0.2) is 35.9 Å². The molecule has 0 saturated carbocycles. The van der Waals surface area contributed by atoms with Gasteiger partial charge >= 0.3 is 0 Å². The van der Waals surface area contributed by atoms with E-state index in [1.165, 1.54) is 23.5 Å². The van der Waals surface area contributed by atoms with Crippen molar-refractivity contribution in [2.24, 2.45) is 0 Å². The van der Waals surface area contributed by atoms with Gasteiger partial charge in [0.2, 0.25) is 5.91 Å². The first-order valence-electron chi connectivity index (χ1n) is 8.03. The molecule has 0 aliphatic carbocycles. The monoisotopic (exact) mass is 352 g/mol. The van der Waals surface area contributed by atoms with Crippen molar-refractivity contribution in [2.75, 3.05) is 18.1 Å². The topological polar surface area (TPSA) is 58.2 Å². The number of amides is 2. The zero-order valence-corrected chi connectivity index (χ0v) is 15.3. The molecule has 1 atom stereocenters. The largest absolute Gasteiger partial charge is 0.354 e. The first kappa shape index (κ1) is 18.2. The molecule has 0 radical (unpaired) electrons. The molecule has 126 valence electrons. The van der Waals surface area contributed by atoms with Crippen LogP contribution in [-0.2, 0) is 4.79 Å². The molecular weight excluding hydrogens is 328 g/mol. The highest BCUT2D eigenvalue weighted by molar-refractivity contribution is 8.16. The van der Waals surface area contributed by atoms with E-state index in [0.717, 1.165) is 6.42 Å². The molecule has 0 bridgehead atoms. The summed E-state index contributed by atoms with van der Waals surface area (Å²) in [5.41, 5.74) is 1.85.